The van der Waals surface area contributed by atoms with Gasteiger partial charge < -0.3 is 4.74 Å². The van der Waals surface area contributed by atoms with E-state index < -0.39 is 5.60 Å². The first-order valence-corrected chi connectivity index (χ1v) is 6.59. The van der Waals surface area contributed by atoms with Crippen molar-refractivity contribution >= 4 is 5.78 Å². The topological polar surface area (TPSA) is 39.2 Å². The number of aromatic nitrogens is 1. The highest BCUT2D eigenvalue weighted by Crippen LogP contribution is 2.37. The predicted molar refractivity (Wildman–Crippen MR) is 70.7 cm³/mol. The van der Waals surface area contributed by atoms with Crippen molar-refractivity contribution < 1.29 is 9.53 Å². The SMILES string of the molecule is COC1(C(=O)c2cnccc2C)CCCC(C)C1. The molecule has 0 aliphatic heterocycles. The van der Waals surface area contributed by atoms with Crippen molar-refractivity contribution in [2.45, 2.75) is 45.1 Å². The quantitative estimate of drug-likeness (QED) is 0.770. The van der Waals surface area contributed by atoms with E-state index in [9.17, 15) is 4.79 Å². The van der Waals surface area contributed by atoms with Gasteiger partial charge in [0.2, 0.25) is 0 Å². The minimum absolute atomic E-state index is 0.0992. The van der Waals surface area contributed by atoms with Gasteiger partial charge in [0.05, 0.1) is 0 Å². The van der Waals surface area contributed by atoms with Gasteiger partial charge >= 0.3 is 0 Å². The lowest BCUT2D eigenvalue weighted by atomic mass is 9.74. The molecule has 0 amide bonds. The number of hydrogen-bond acceptors (Lipinski definition) is 3. The maximum absolute atomic E-state index is 12.8. The first-order chi connectivity index (χ1) is 8.59. The first kappa shape index (κ1) is 13.2. The molecule has 0 bridgehead atoms. The number of nitrogens with zero attached hydrogens (tertiary/aromatic N) is 1. The van der Waals surface area contributed by atoms with E-state index in [1.165, 1.54) is 6.42 Å². The standard InChI is InChI=1S/C15H21NO2/c1-11-5-4-7-15(9-11,18-3)14(17)13-10-16-8-6-12(13)2/h6,8,10-11H,4-5,7,9H2,1-3H3. The predicted octanol–water partition coefficient (Wildman–Crippen LogP) is 3.17. The van der Waals surface area contributed by atoms with E-state index >= 15 is 0 Å². The van der Waals surface area contributed by atoms with Gasteiger partial charge in [-0.25, -0.2) is 0 Å². The second-order valence-corrected chi connectivity index (χ2v) is 5.42. The van der Waals surface area contributed by atoms with E-state index in [1.54, 1.807) is 19.5 Å². The molecular formula is C15H21NO2. The van der Waals surface area contributed by atoms with Gasteiger partial charge in [-0.1, -0.05) is 13.3 Å². The summed E-state index contributed by atoms with van der Waals surface area (Å²) in [5.74, 6) is 0.641. The molecule has 0 N–H and O–H groups in total. The summed E-state index contributed by atoms with van der Waals surface area (Å²) in [4.78, 5) is 16.8. The Morgan fingerprint density at radius 3 is 2.94 bits per heavy atom. The number of rotatable bonds is 3. The van der Waals surface area contributed by atoms with Crippen molar-refractivity contribution in [3.63, 3.8) is 0 Å². The minimum Gasteiger partial charge on any atom is -0.370 e. The fourth-order valence-electron chi connectivity index (χ4n) is 2.93. The van der Waals surface area contributed by atoms with E-state index in [4.69, 9.17) is 4.74 Å². The average molecular weight is 247 g/mol. The number of carbonyl (C=O) groups excluding carboxylic acids is 1. The molecule has 0 spiro atoms. The van der Waals surface area contributed by atoms with Gasteiger partial charge in [-0.2, -0.15) is 0 Å². The van der Waals surface area contributed by atoms with Crippen LogP contribution in [-0.4, -0.2) is 23.5 Å². The van der Waals surface area contributed by atoms with Crippen molar-refractivity contribution in [1.29, 1.82) is 0 Å². The number of carbonyl (C=O) groups is 1. The molecule has 1 aliphatic rings. The maximum Gasteiger partial charge on any atom is 0.196 e. The normalized spacial score (nSPS) is 28.1. The Morgan fingerprint density at radius 1 is 1.56 bits per heavy atom. The summed E-state index contributed by atoms with van der Waals surface area (Å²) in [6, 6.07) is 1.88. The molecule has 2 rings (SSSR count). The highest BCUT2D eigenvalue weighted by molar-refractivity contribution is 6.03. The average Bonchev–Trinajstić information content (AvgIpc) is 2.38. The fraction of sp³-hybridized carbons (Fsp3) is 0.600. The number of ketones is 1. The Hall–Kier alpha value is -1.22. The van der Waals surface area contributed by atoms with Crippen molar-refractivity contribution in [3.8, 4) is 0 Å². The molecule has 0 aromatic carbocycles. The lowest BCUT2D eigenvalue weighted by molar-refractivity contribution is -0.0303. The molecule has 3 nitrogen and oxygen atoms in total. The van der Waals surface area contributed by atoms with E-state index in [0.717, 1.165) is 24.8 Å². The first-order valence-electron chi connectivity index (χ1n) is 6.59. The van der Waals surface area contributed by atoms with E-state index in [0.29, 0.717) is 11.5 Å². The summed E-state index contributed by atoms with van der Waals surface area (Å²) < 4.78 is 5.64. The van der Waals surface area contributed by atoms with Gasteiger partial charge in [-0.15, -0.1) is 0 Å². The lowest BCUT2D eigenvalue weighted by Gasteiger charge is -2.37. The smallest absolute Gasteiger partial charge is 0.196 e. The molecule has 2 unspecified atom stereocenters. The van der Waals surface area contributed by atoms with Gasteiger partial charge in [0.1, 0.15) is 5.60 Å². The monoisotopic (exact) mass is 247 g/mol. The van der Waals surface area contributed by atoms with Gasteiger partial charge in [0.15, 0.2) is 5.78 Å². The summed E-state index contributed by atoms with van der Waals surface area (Å²) in [5.41, 5.74) is 1.05. The number of methoxy groups -OCH3 is 1. The Labute approximate surface area is 109 Å². The number of ether oxygens (including phenoxy) is 1. The van der Waals surface area contributed by atoms with E-state index in [-0.39, 0.29) is 5.78 Å². The van der Waals surface area contributed by atoms with Crippen molar-refractivity contribution in [2.24, 2.45) is 5.92 Å². The molecule has 1 aromatic heterocycles. The number of hydrogen-bond donors (Lipinski definition) is 0. The lowest BCUT2D eigenvalue weighted by Crippen LogP contribution is -2.45. The molecule has 1 heterocycles. The fourth-order valence-corrected chi connectivity index (χ4v) is 2.93. The molecule has 0 radical (unpaired) electrons. The Balaban J connectivity index is 2.33. The highest BCUT2D eigenvalue weighted by atomic mass is 16.5. The summed E-state index contributed by atoms with van der Waals surface area (Å²) in [6.07, 6.45) is 7.26. The summed E-state index contributed by atoms with van der Waals surface area (Å²) in [7, 11) is 1.65. The zero-order chi connectivity index (χ0) is 13.2. The summed E-state index contributed by atoms with van der Waals surface area (Å²) in [5, 5.41) is 0. The molecular weight excluding hydrogens is 226 g/mol. The van der Waals surface area contributed by atoms with Gasteiger partial charge in [0.25, 0.3) is 0 Å². The van der Waals surface area contributed by atoms with Crippen LogP contribution in [0.3, 0.4) is 0 Å². The van der Waals surface area contributed by atoms with Crippen LogP contribution in [0.1, 0.15) is 48.5 Å². The molecule has 1 aromatic rings. The van der Waals surface area contributed by atoms with Crippen LogP contribution in [-0.2, 0) is 4.74 Å². The third-order valence-corrected chi connectivity index (χ3v) is 4.04. The highest BCUT2D eigenvalue weighted by Gasteiger charge is 2.42. The molecule has 0 saturated heterocycles. The number of aryl methyl sites for hydroxylation is 1. The largest absolute Gasteiger partial charge is 0.370 e. The molecule has 18 heavy (non-hydrogen) atoms. The molecule has 2 atom stereocenters. The second kappa shape index (κ2) is 5.19. The van der Waals surface area contributed by atoms with Crippen molar-refractivity contribution in [1.82, 2.24) is 4.98 Å². The maximum atomic E-state index is 12.8. The van der Waals surface area contributed by atoms with Gasteiger partial charge in [0, 0.05) is 25.1 Å². The van der Waals surface area contributed by atoms with Crippen LogP contribution in [0.25, 0.3) is 0 Å². The number of Topliss-reactive ketones (excluding diaryl/α,β-unsaturated/α-hetero) is 1. The van der Waals surface area contributed by atoms with Crippen LogP contribution in [0.4, 0.5) is 0 Å². The minimum atomic E-state index is -0.633. The zero-order valence-corrected chi connectivity index (χ0v) is 11.4. The van der Waals surface area contributed by atoms with Crippen LogP contribution in [0.15, 0.2) is 18.5 Å². The van der Waals surface area contributed by atoms with Crippen LogP contribution in [0.5, 0.6) is 0 Å². The van der Waals surface area contributed by atoms with E-state index in [2.05, 4.69) is 11.9 Å². The second-order valence-electron chi connectivity index (χ2n) is 5.42. The molecule has 1 aliphatic carbocycles. The molecule has 1 saturated carbocycles. The van der Waals surface area contributed by atoms with Crippen LogP contribution < -0.4 is 0 Å². The van der Waals surface area contributed by atoms with Crippen LogP contribution in [0, 0.1) is 12.8 Å². The Bertz CT molecular complexity index is 444. The molecule has 1 fully saturated rings. The molecule has 98 valence electrons. The summed E-state index contributed by atoms with van der Waals surface area (Å²) >= 11 is 0. The molecule has 3 heteroatoms. The third-order valence-electron chi connectivity index (χ3n) is 4.04. The summed E-state index contributed by atoms with van der Waals surface area (Å²) in [6.45, 7) is 4.14. The zero-order valence-electron chi connectivity index (χ0n) is 11.4. The van der Waals surface area contributed by atoms with Crippen LogP contribution in [0.2, 0.25) is 0 Å². The Morgan fingerprint density at radius 2 is 2.33 bits per heavy atom. The van der Waals surface area contributed by atoms with Gasteiger partial charge in [-0.3, -0.25) is 9.78 Å². The van der Waals surface area contributed by atoms with Crippen molar-refractivity contribution in [3.05, 3.63) is 29.6 Å². The van der Waals surface area contributed by atoms with Gasteiger partial charge in [-0.05, 0) is 43.7 Å². The number of pyridine rings is 1. The van der Waals surface area contributed by atoms with Crippen LogP contribution >= 0.6 is 0 Å². The van der Waals surface area contributed by atoms with Crippen molar-refractivity contribution in [2.75, 3.05) is 7.11 Å². The van der Waals surface area contributed by atoms with E-state index in [1.807, 2.05) is 13.0 Å². The third kappa shape index (κ3) is 2.32. The Kier molecular flexibility index (Phi) is 3.81.